The van der Waals surface area contributed by atoms with Crippen molar-refractivity contribution in [3.8, 4) is 0 Å². The molecule has 1 amide bonds. The van der Waals surface area contributed by atoms with Crippen LogP contribution in [0.1, 0.15) is 45.2 Å². The highest BCUT2D eigenvalue weighted by Gasteiger charge is 2.30. The lowest BCUT2D eigenvalue weighted by atomic mass is 9.95. The molecule has 0 spiro atoms. The minimum Gasteiger partial charge on any atom is -0.349 e. The largest absolute Gasteiger partial charge is 0.349 e. The molecule has 110 valence electrons. The highest BCUT2D eigenvalue weighted by atomic mass is 16.2. The summed E-state index contributed by atoms with van der Waals surface area (Å²) in [4.78, 5) is 12.5. The van der Waals surface area contributed by atoms with Crippen LogP contribution < -0.4 is 10.6 Å². The van der Waals surface area contributed by atoms with Crippen molar-refractivity contribution in [2.45, 2.75) is 45.7 Å². The van der Waals surface area contributed by atoms with Gasteiger partial charge >= 0.3 is 0 Å². The van der Waals surface area contributed by atoms with E-state index in [1.54, 1.807) is 0 Å². The van der Waals surface area contributed by atoms with Gasteiger partial charge < -0.3 is 10.6 Å². The normalized spacial score (nSPS) is 23.8. The number of benzene rings is 1. The summed E-state index contributed by atoms with van der Waals surface area (Å²) >= 11 is 0. The molecule has 2 rings (SSSR count). The second-order valence-corrected chi connectivity index (χ2v) is 6.24. The van der Waals surface area contributed by atoms with Crippen LogP contribution >= 0.6 is 0 Å². The maximum atomic E-state index is 12.5. The van der Waals surface area contributed by atoms with Crippen LogP contribution in [0.2, 0.25) is 0 Å². The SMILES string of the molecule is CC(C)CC(NC(=O)C1CCNC1C)c1ccccc1. The van der Waals surface area contributed by atoms with Crippen LogP contribution in [0.4, 0.5) is 0 Å². The fourth-order valence-electron chi connectivity index (χ4n) is 2.93. The molecule has 1 fully saturated rings. The standard InChI is InChI=1S/C17H26N2O/c1-12(2)11-16(14-7-5-4-6-8-14)19-17(20)15-9-10-18-13(15)3/h4-8,12-13,15-16,18H,9-11H2,1-3H3,(H,19,20). The number of nitrogens with one attached hydrogen (secondary N) is 2. The molecule has 1 aromatic carbocycles. The van der Waals surface area contributed by atoms with E-state index in [1.165, 1.54) is 5.56 Å². The molecule has 1 saturated heterocycles. The van der Waals surface area contributed by atoms with E-state index in [2.05, 4.69) is 43.5 Å². The maximum Gasteiger partial charge on any atom is 0.225 e. The first-order valence-corrected chi connectivity index (χ1v) is 7.66. The van der Waals surface area contributed by atoms with Gasteiger partial charge in [-0.2, -0.15) is 0 Å². The Bertz CT molecular complexity index is 430. The van der Waals surface area contributed by atoms with Gasteiger partial charge in [0, 0.05) is 6.04 Å². The van der Waals surface area contributed by atoms with Crippen LogP contribution in [0.5, 0.6) is 0 Å². The lowest BCUT2D eigenvalue weighted by Crippen LogP contribution is -2.39. The first-order valence-electron chi connectivity index (χ1n) is 7.66. The Morgan fingerprint density at radius 2 is 2.05 bits per heavy atom. The minimum absolute atomic E-state index is 0.105. The fourth-order valence-corrected chi connectivity index (χ4v) is 2.93. The molecule has 1 heterocycles. The number of carbonyl (C=O) groups excluding carboxylic acids is 1. The molecule has 1 aliphatic rings. The molecule has 0 aromatic heterocycles. The summed E-state index contributed by atoms with van der Waals surface area (Å²) < 4.78 is 0. The van der Waals surface area contributed by atoms with Crippen molar-refractivity contribution in [2.75, 3.05) is 6.54 Å². The Kier molecular flexibility index (Phi) is 5.18. The predicted molar refractivity (Wildman–Crippen MR) is 82.4 cm³/mol. The van der Waals surface area contributed by atoms with Gasteiger partial charge in [-0.05, 0) is 37.8 Å². The van der Waals surface area contributed by atoms with Crippen molar-refractivity contribution in [3.63, 3.8) is 0 Å². The lowest BCUT2D eigenvalue weighted by Gasteiger charge is -2.24. The molecule has 3 heteroatoms. The van der Waals surface area contributed by atoms with Crippen LogP contribution in [0.15, 0.2) is 30.3 Å². The molecule has 3 nitrogen and oxygen atoms in total. The Labute approximate surface area is 122 Å². The summed E-state index contributed by atoms with van der Waals surface area (Å²) in [5, 5.41) is 6.60. The van der Waals surface area contributed by atoms with E-state index in [9.17, 15) is 4.79 Å². The summed E-state index contributed by atoms with van der Waals surface area (Å²) in [7, 11) is 0. The van der Waals surface area contributed by atoms with Crippen LogP contribution in [0.3, 0.4) is 0 Å². The Balaban J connectivity index is 2.06. The molecule has 0 bridgehead atoms. The maximum absolute atomic E-state index is 12.5. The number of hydrogen-bond acceptors (Lipinski definition) is 2. The van der Waals surface area contributed by atoms with Gasteiger partial charge in [0.15, 0.2) is 0 Å². The lowest BCUT2D eigenvalue weighted by molar-refractivity contribution is -0.126. The number of amides is 1. The van der Waals surface area contributed by atoms with E-state index >= 15 is 0 Å². The van der Waals surface area contributed by atoms with Crippen LogP contribution in [0, 0.1) is 11.8 Å². The van der Waals surface area contributed by atoms with Gasteiger partial charge in [-0.15, -0.1) is 0 Å². The summed E-state index contributed by atoms with van der Waals surface area (Å²) in [5.41, 5.74) is 1.20. The van der Waals surface area contributed by atoms with Crippen LogP contribution in [-0.2, 0) is 4.79 Å². The van der Waals surface area contributed by atoms with E-state index in [0.717, 1.165) is 19.4 Å². The van der Waals surface area contributed by atoms with Crippen molar-refractivity contribution >= 4 is 5.91 Å². The summed E-state index contributed by atoms with van der Waals surface area (Å²) in [6.45, 7) is 7.43. The molecule has 3 atom stereocenters. The van der Waals surface area contributed by atoms with E-state index in [-0.39, 0.29) is 23.9 Å². The zero-order valence-electron chi connectivity index (χ0n) is 12.7. The molecular weight excluding hydrogens is 248 g/mol. The van der Waals surface area contributed by atoms with Gasteiger partial charge in [0.1, 0.15) is 0 Å². The monoisotopic (exact) mass is 274 g/mol. The molecule has 0 aliphatic carbocycles. The van der Waals surface area contributed by atoms with Crippen LogP contribution in [-0.4, -0.2) is 18.5 Å². The Hall–Kier alpha value is -1.35. The summed E-state index contributed by atoms with van der Waals surface area (Å²) in [6, 6.07) is 10.7. The predicted octanol–water partition coefficient (Wildman–Crippen LogP) is 2.89. The summed E-state index contributed by atoms with van der Waals surface area (Å²) in [6.07, 6.45) is 1.92. The number of rotatable bonds is 5. The molecule has 20 heavy (non-hydrogen) atoms. The zero-order valence-corrected chi connectivity index (χ0v) is 12.7. The first-order chi connectivity index (χ1) is 9.58. The second kappa shape index (κ2) is 6.89. The van der Waals surface area contributed by atoms with E-state index in [4.69, 9.17) is 0 Å². The third kappa shape index (κ3) is 3.83. The number of carbonyl (C=O) groups is 1. The smallest absolute Gasteiger partial charge is 0.225 e. The van der Waals surface area contributed by atoms with Gasteiger partial charge in [-0.3, -0.25) is 4.79 Å². The van der Waals surface area contributed by atoms with Gasteiger partial charge in [0.05, 0.1) is 12.0 Å². The Morgan fingerprint density at radius 1 is 1.35 bits per heavy atom. The van der Waals surface area contributed by atoms with E-state index in [0.29, 0.717) is 5.92 Å². The van der Waals surface area contributed by atoms with Gasteiger partial charge in [-0.1, -0.05) is 44.2 Å². The summed E-state index contributed by atoms with van der Waals surface area (Å²) in [5.74, 6) is 0.852. The van der Waals surface area contributed by atoms with Crippen LogP contribution in [0.25, 0.3) is 0 Å². The van der Waals surface area contributed by atoms with Gasteiger partial charge in [0.2, 0.25) is 5.91 Å². The van der Waals surface area contributed by atoms with Crippen molar-refractivity contribution in [2.24, 2.45) is 11.8 Å². The zero-order chi connectivity index (χ0) is 14.5. The first kappa shape index (κ1) is 15.0. The number of hydrogen-bond donors (Lipinski definition) is 2. The highest BCUT2D eigenvalue weighted by molar-refractivity contribution is 5.80. The fraction of sp³-hybridized carbons (Fsp3) is 0.588. The molecule has 0 radical (unpaired) electrons. The second-order valence-electron chi connectivity index (χ2n) is 6.24. The van der Waals surface area contributed by atoms with Crippen molar-refractivity contribution in [1.82, 2.24) is 10.6 Å². The molecule has 0 saturated carbocycles. The van der Waals surface area contributed by atoms with Gasteiger partial charge in [0.25, 0.3) is 0 Å². The minimum atomic E-state index is 0.105. The topological polar surface area (TPSA) is 41.1 Å². The molecule has 2 N–H and O–H groups in total. The van der Waals surface area contributed by atoms with E-state index < -0.39 is 0 Å². The molecule has 1 aliphatic heterocycles. The molecule has 1 aromatic rings. The van der Waals surface area contributed by atoms with Crippen molar-refractivity contribution in [3.05, 3.63) is 35.9 Å². The third-order valence-corrected chi connectivity index (χ3v) is 4.09. The molecule has 3 unspecified atom stereocenters. The van der Waals surface area contributed by atoms with Gasteiger partial charge in [-0.25, -0.2) is 0 Å². The third-order valence-electron chi connectivity index (χ3n) is 4.09. The van der Waals surface area contributed by atoms with E-state index in [1.807, 2.05) is 18.2 Å². The quantitative estimate of drug-likeness (QED) is 0.867. The Morgan fingerprint density at radius 3 is 2.60 bits per heavy atom. The average molecular weight is 274 g/mol. The highest BCUT2D eigenvalue weighted by Crippen LogP contribution is 2.23. The van der Waals surface area contributed by atoms with Crippen molar-refractivity contribution < 1.29 is 4.79 Å². The molecular formula is C17H26N2O. The van der Waals surface area contributed by atoms with Crippen molar-refractivity contribution in [1.29, 1.82) is 0 Å². The average Bonchev–Trinajstić information content (AvgIpc) is 2.85.